The molecule has 0 aromatic heterocycles. The fourth-order valence-electron chi connectivity index (χ4n) is 3.38. The van der Waals surface area contributed by atoms with Gasteiger partial charge in [-0.25, -0.2) is 0 Å². The Morgan fingerprint density at radius 2 is 1.50 bits per heavy atom. The summed E-state index contributed by atoms with van der Waals surface area (Å²) in [5.41, 5.74) is 3.65. The van der Waals surface area contributed by atoms with E-state index in [0.29, 0.717) is 18.7 Å². The number of benzene rings is 2. The van der Waals surface area contributed by atoms with E-state index in [2.05, 4.69) is 0 Å². The lowest BCUT2D eigenvalue weighted by Gasteiger charge is -2.26. The number of carbonyl (C=O) groups is 2. The molecule has 0 bridgehead atoms. The summed E-state index contributed by atoms with van der Waals surface area (Å²) in [6.07, 6.45) is 0. The van der Waals surface area contributed by atoms with Crippen LogP contribution in [-0.2, 0) is 9.59 Å². The molecule has 0 spiro atoms. The molecule has 2 aromatic rings. The number of Topliss-reactive ketones (excluding diaryl/α,β-unsaturated/α-hetero) is 1. The lowest BCUT2D eigenvalue weighted by molar-refractivity contribution is -0.140. The molecule has 1 atom stereocenters. The zero-order valence-electron chi connectivity index (χ0n) is 16.8. The summed E-state index contributed by atoms with van der Waals surface area (Å²) in [7, 11) is 3.84. The Morgan fingerprint density at radius 3 is 2.04 bits per heavy atom. The van der Waals surface area contributed by atoms with Gasteiger partial charge in [-0.05, 0) is 33.5 Å². The number of carbonyl (C=O) groups excluding carboxylic acids is 2. The molecule has 3 rings (SSSR count). The summed E-state index contributed by atoms with van der Waals surface area (Å²) >= 11 is 0. The van der Waals surface area contributed by atoms with E-state index in [-0.39, 0.29) is 11.3 Å². The van der Waals surface area contributed by atoms with Crippen LogP contribution in [0, 0.1) is 13.8 Å². The molecule has 1 heterocycles. The number of ketones is 1. The highest BCUT2D eigenvalue weighted by atomic mass is 16.3. The smallest absolute Gasteiger partial charge is 0.295 e. The topological polar surface area (TPSA) is 60.9 Å². The molecule has 0 aliphatic carbocycles. The third kappa shape index (κ3) is 3.85. The van der Waals surface area contributed by atoms with Crippen molar-refractivity contribution in [3.63, 3.8) is 0 Å². The van der Waals surface area contributed by atoms with Gasteiger partial charge in [-0.1, -0.05) is 59.7 Å². The van der Waals surface area contributed by atoms with Gasteiger partial charge in [0, 0.05) is 18.7 Å². The molecule has 5 nitrogen and oxygen atoms in total. The summed E-state index contributed by atoms with van der Waals surface area (Å²) in [6, 6.07) is 14.4. The van der Waals surface area contributed by atoms with Crippen molar-refractivity contribution in [2.75, 3.05) is 27.2 Å². The Labute approximate surface area is 165 Å². The average Bonchev–Trinajstić information content (AvgIpc) is 2.91. The van der Waals surface area contributed by atoms with Gasteiger partial charge in [0.1, 0.15) is 5.76 Å². The lowest BCUT2D eigenvalue weighted by Crippen LogP contribution is -2.35. The Hall–Kier alpha value is -2.92. The predicted octanol–water partition coefficient (Wildman–Crippen LogP) is 3.29. The van der Waals surface area contributed by atoms with Gasteiger partial charge in [-0.2, -0.15) is 0 Å². The zero-order valence-corrected chi connectivity index (χ0v) is 16.8. The third-order valence-electron chi connectivity index (χ3n) is 5.05. The van der Waals surface area contributed by atoms with Crippen LogP contribution in [0.3, 0.4) is 0 Å². The number of hydrogen-bond donors (Lipinski definition) is 1. The molecule has 0 unspecified atom stereocenters. The Kier molecular flexibility index (Phi) is 5.66. The molecular weight excluding hydrogens is 352 g/mol. The van der Waals surface area contributed by atoms with Gasteiger partial charge in [-0.15, -0.1) is 0 Å². The molecule has 1 amide bonds. The van der Waals surface area contributed by atoms with Crippen LogP contribution in [-0.4, -0.2) is 53.8 Å². The van der Waals surface area contributed by atoms with Crippen LogP contribution in [0.15, 0.2) is 54.1 Å². The van der Waals surface area contributed by atoms with Gasteiger partial charge in [0.2, 0.25) is 0 Å². The Bertz CT molecular complexity index is 912. The standard InChI is InChI=1S/C23H26N2O3/c1-15-5-9-17(10-6-15)20-19(21(26)18-11-7-16(2)8-12-18)22(27)23(28)25(20)14-13-24(3)4/h5-12,20,26H,13-14H2,1-4H3/t20-/m1/s1. The van der Waals surface area contributed by atoms with E-state index in [1.54, 1.807) is 17.0 Å². The van der Waals surface area contributed by atoms with Crippen molar-refractivity contribution in [3.05, 3.63) is 76.4 Å². The van der Waals surface area contributed by atoms with Gasteiger partial charge in [0.05, 0.1) is 11.6 Å². The highest BCUT2D eigenvalue weighted by Gasteiger charge is 2.45. The number of likely N-dealkylation sites (N-methyl/N-ethyl adjacent to an activating group) is 1. The second-order valence-electron chi connectivity index (χ2n) is 7.57. The fraction of sp³-hybridized carbons (Fsp3) is 0.304. The molecule has 1 saturated heterocycles. The average molecular weight is 378 g/mol. The van der Waals surface area contributed by atoms with Gasteiger partial charge in [0.15, 0.2) is 0 Å². The number of nitrogens with zero attached hydrogens (tertiary/aromatic N) is 2. The van der Waals surface area contributed by atoms with Crippen molar-refractivity contribution in [1.82, 2.24) is 9.80 Å². The first-order valence-corrected chi connectivity index (χ1v) is 9.36. The van der Waals surface area contributed by atoms with E-state index < -0.39 is 17.7 Å². The summed E-state index contributed by atoms with van der Waals surface area (Å²) in [4.78, 5) is 29.2. The first-order valence-electron chi connectivity index (χ1n) is 9.36. The minimum absolute atomic E-state index is 0.128. The minimum atomic E-state index is -0.637. The maximum Gasteiger partial charge on any atom is 0.295 e. The van der Waals surface area contributed by atoms with Crippen LogP contribution in [0.25, 0.3) is 5.76 Å². The van der Waals surface area contributed by atoms with Crippen molar-refractivity contribution in [2.24, 2.45) is 0 Å². The van der Waals surface area contributed by atoms with E-state index in [1.165, 1.54) is 0 Å². The molecule has 0 radical (unpaired) electrons. The molecule has 1 aliphatic rings. The van der Waals surface area contributed by atoms with Gasteiger partial charge < -0.3 is 14.9 Å². The van der Waals surface area contributed by atoms with Crippen LogP contribution >= 0.6 is 0 Å². The highest BCUT2D eigenvalue weighted by Crippen LogP contribution is 2.39. The summed E-state index contributed by atoms with van der Waals surface area (Å²) in [5, 5.41) is 11.0. The third-order valence-corrected chi connectivity index (χ3v) is 5.05. The maximum atomic E-state index is 12.9. The van der Waals surface area contributed by atoms with Gasteiger partial charge >= 0.3 is 0 Å². The molecule has 5 heteroatoms. The van der Waals surface area contributed by atoms with E-state index >= 15 is 0 Å². The van der Waals surface area contributed by atoms with Crippen molar-refractivity contribution in [1.29, 1.82) is 0 Å². The van der Waals surface area contributed by atoms with Gasteiger partial charge in [-0.3, -0.25) is 9.59 Å². The Morgan fingerprint density at radius 1 is 0.964 bits per heavy atom. The highest BCUT2D eigenvalue weighted by molar-refractivity contribution is 6.46. The lowest BCUT2D eigenvalue weighted by atomic mass is 9.94. The summed E-state index contributed by atoms with van der Waals surface area (Å²) in [5.74, 6) is -1.33. The molecule has 1 fully saturated rings. The van der Waals surface area contributed by atoms with Crippen LogP contribution in [0.1, 0.15) is 28.3 Å². The van der Waals surface area contributed by atoms with Crippen LogP contribution in [0.5, 0.6) is 0 Å². The van der Waals surface area contributed by atoms with Crippen LogP contribution in [0.4, 0.5) is 0 Å². The number of aryl methyl sites for hydroxylation is 2. The van der Waals surface area contributed by atoms with Crippen molar-refractivity contribution >= 4 is 17.4 Å². The van der Waals surface area contributed by atoms with E-state index in [9.17, 15) is 14.7 Å². The molecule has 1 N–H and O–H groups in total. The normalized spacial score (nSPS) is 18.9. The predicted molar refractivity (Wildman–Crippen MR) is 110 cm³/mol. The number of likely N-dealkylation sites (tertiary alicyclic amines) is 1. The second kappa shape index (κ2) is 7.98. The number of rotatable bonds is 5. The first-order chi connectivity index (χ1) is 13.3. The SMILES string of the molecule is Cc1ccc(C(O)=C2C(=O)C(=O)N(CCN(C)C)[C@@H]2c2ccc(C)cc2)cc1. The summed E-state index contributed by atoms with van der Waals surface area (Å²) < 4.78 is 0. The first kappa shape index (κ1) is 19.8. The number of aliphatic hydroxyl groups excluding tert-OH is 1. The van der Waals surface area contributed by atoms with Crippen LogP contribution < -0.4 is 0 Å². The molecule has 146 valence electrons. The zero-order chi connectivity index (χ0) is 20.4. The van der Waals surface area contributed by atoms with E-state index in [1.807, 2.05) is 69.2 Å². The molecule has 2 aromatic carbocycles. The van der Waals surface area contributed by atoms with E-state index in [4.69, 9.17) is 0 Å². The van der Waals surface area contributed by atoms with Crippen molar-refractivity contribution < 1.29 is 14.7 Å². The van der Waals surface area contributed by atoms with E-state index in [0.717, 1.165) is 16.7 Å². The quantitative estimate of drug-likeness (QED) is 0.493. The fourth-order valence-corrected chi connectivity index (χ4v) is 3.38. The molecule has 28 heavy (non-hydrogen) atoms. The largest absolute Gasteiger partial charge is 0.507 e. The second-order valence-corrected chi connectivity index (χ2v) is 7.57. The molecule has 1 aliphatic heterocycles. The number of aliphatic hydroxyl groups is 1. The molecule has 0 saturated carbocycles. The van der Waals surface area contributed by atoms with Gasteiger partial charge in [0.25, 0.3) is 11.7 Å². The van der Waals surface area contributed by atoms with Crippen molar-refractivity contribution in [2.45, 2.75) is 19.9 Å². The molecular formula is C23H26N2O3. The summed E-state index contributed by atoms with van der Waals surface area (Å²) in [6.45, 7) is 4.97. The number of hydrogen-bond acceptors (Lipinski definition) is 4. The number of amides is 1. The monoisotopic (exact) mass is 378 g/mol. The Balaban J connectivity index is 2.13. The maximum absolute atomic E-state index is 12.9. The van der Waals surface area contributed by atoms with Crippen LogP contribution in [0.2, 0.25) is 0 Å². The van der Waals surface area contributed by atoms with Crippen molar-refractivity contribution in [3.8, 4) is 0 Å². The minimum Gasteiger partial charge on any atom is -0.507 e.